The van der Waals surface area contributed by atoms with E-state index in [0.717, 1.165) is 29.2 Å². The largest absolute Gasteiger partial charge is 0.478 e. The van der Waals surface area contributed by atoms with E-state index >= 15 is 0 Å². The van der Waals surface area contributed by atoms with Crippen molar-refractivity contribution < 1.29 is 14.7 Å². The summed E-state index contributed by atoms with van der Waals surface area (Å²) >= 11 is 0. The first-order chi connectivity index (χ1) is 17.8. The summed E-state index contributed by atoms with van der Waals surface area (Å²) in [5, 5.41) is 12.2. The second-order valence-electron chi connectivity index (χ2n) is 12.0. The summed E-state index contributed by atoms with van der Waals surface area (Å²) in [7, 11) is 0. The number of hydrogen-bond donors (Lipinski definition) is 2. The van der Waals surface area contributed by atoms with Gasteiger partial charge in [0.1, 0.15) is 0 Å². The molecule has 3 aromatic rings. The van der Waals surface area contributed by atoms with Crippen LogP contribution in [0.1, 0.15) is 65.0 Å². The highest BCUT2D eigenvalue weighted by Gasteiger charge is 2.75. The van der Waals surface area contributed by atoms with Gasteiger partial charge in [-0.25, -0.2) is 4.79 Å². The van der Waals surface area contributed by atoms with Crippen molar-refractivity contribution in [2.75, 3.05) is 11.9 Å². The molecule has 3 fully saturated rings. The molecule has 0 radical (unpaired) electrons. The molecule has 5 heteroatoms. The van der Waals surface area contributed by atoms with Gasteiger partial charge in [0.2, 0.25) is 0 Å². The Bertz CT molecular complexity index is 1430. The van der Waals surface area contributed by atoms with Crippen molar-refractivity contribution in [3.63, 3.8) is 0 Å². The highest BCUT2D eigenvalue weighted by Crippen LogP contribution is 2.68. The molecule has 188 valence electrons. The Balaban J connectivity index is 1.08. The minimum absolute atomic E-state index is 0.0867. The summed E-state index contributed by atoms with van der Waals surface area (Å²) < 4.78 is 0. The van der Waals surface area contributed by atoms with Crippen molar-refractivity contribution in [2.24, 2.45) is 11.8 Å². The van der Waals surface area contributed by atoms with E-state index in [4.69, 9.17) is 5.11 Å². The van der Waals surface area contributed by atoms with Crippen LogP contribution in [0.25, 0.3) is 11.1 Å². The molecule has 7 rings (SSSR count). The Hall–Kier alpha value is -3.44. The maximum absolute atomic E-state index is 13.2. The third kappa shape index (κ3) is 3.47. The average Bonchev–Trinajstić information content (AvgIpc) is 3.80. The van der Waals surface area contributed by atoms with Crippen LogP contribution in [0.5, 0.6) is 0 Å². The first-order valence-corrected chi connectivity index (χ1v) is 13.4. The lowest BCUT2D eigenvalue weighted by Gasteiger charge is -2.41. The van der Waals surface area contributed by atoms with Gasteiger partial charge in [-0.05, 0) is 102 Å². The van der Waals surface area contributed by atoms with Gasteiger partial charge in [0, 0.05) is 29.4 Å². The Morgan fingerprint density at radius 1 is 0.973 bits per heavy atom. The number of hydrogen-bond acceptors (Lipinski definition) is 3. The monoisotopic (exact) mass is 492 g/mol. The third-order valence-electron chi connectivity index (χ3n) is 9.79. The van der Waals surface area contributed by atoms with E-state index in [2.05, 4.69) is 36.2 Å². The van der Waals surface area contributed by atoms with Gasteiger partial charge >= 0.3 is 5.97 Å². The number of piperidine rings is 1. The number of anilines is 1. The molecule has 37 heavy (non-hydrogen) atoms. The highest BCUT2D eigenvalue weighted by atomic mass is 16.4. The SMILES string of the molecule is C[C@H]1C2N(CC3CC3)C23Cc2ccc(C(=O)Nc4ccc(-c5ccc(C(=O)O)cc5)cc4)cc2[C@@]1(C)C3. The second kappa shape index (κ2) is 7.78. The Labute approximate surface area is 217 Å². The maximum atomic E-state index is 13.2. The molecule has 2 N–H and O–H groups in total. The molecule has 1 saturated heterocycles. The molecular weight excluding hydrogens is 460 g/mol. The number of nitrogens with zero attached hydrogens (tertiary/aromatic N) is 1. The topological polar surface area (TPSA) is 69.4 Å². The molecule has 2 bridgehead atoms. The number of carbonyl (C=O) groups excluding carboxylic acids is 1. The molecule has 3 unspecified atom stereocenters. The summed E-state index contributed by atoms with van der Waals surface area (Å²) in [6.45, 7) is 6.13. The van der Waals surface area contributed by atoms with Crippen molar-refractivity contribution >= 4 is 17.6 Å². The number of nitrogens with one attached hydrogen (secondary N) is 1. The van der Waals surface area contributed by atoms with Crippen molar-refractivity contribution in [1.82, 2.24) is 4.90 Å². The summed E-state index contributed by atoms with van der Waals surface area (Å²) in [6, 6.07) is 21.5. The van der Waals surface area contributed by atoms with Crippen molar-refractivity contribution in [1.29, 1.82) is 0 Å². The maximum Gasteiger partial charge on any atom is 0.335 e. The first kappa shape index (κ1) is 22.7. The third-order valence-corrected chi connectivity index (χ3v) is 9.79. The average molecular weight is 493 g/mol. The van der Waals surface area contributed by atoms with Crippen LogP contribution in [0.4, 0.5) is 5.69 Å². The molecule has 2 saturated carbocycles. The molecule has 1 heterocycles. The van der Waals surface area contributed by atoms with Crippen LogP contribution in [0, 0.1) is 11.8 Å². The molecule has 5 nitrogen and oxygen atoms in total. The number of carboxylic acid groups (broad SMARTS) is 1. The van der Waals surface area contributed by atoms with E-state index in [1.807, 2.05) is 30.3 Å². The number of carboxylic acids is 1. The van der Waals surface area contributed by atoms with E-state index in [9.17, 15) is 9.59 Å². The predicted molar refractivity (Wildman–Crippen MR) is 144 cm³/mol. The minimum Gasteiger partial charge on any atom is -0.478 e. The number of rotatable bonds is 6. The summed E-state index contributed by atoms with van der Waals surface area (Å²) in [4.78, 5) is 27.1. The van der Waals surface area contributed by atoms with Gasteiger partial charge in [-0.2, -0.15) is 0 Å². The fourth-order valence-corrected chi connectivity index (χ4v) is 7.52. The van der Waals surface area contributed by atoms with Crippen LogP contribution >= 0.6 is 0 Å². The summed E-state index contributed by atoms with van der Waals surface area (Å²) in [5.74, 6) is 0.506. The van der Waals surface area contributed by atoms with Gasteiger partial charge in [0.25, 0.3) is 5.91 Å². The van der Waals surface area contributed by atoms with E-state index in [1.54, 1.807) is 24.3 Å². The Morgan fingerprint density at radius 2 is 1.62 bits per heavy atom. The number of carbonyl (C=O) groups is 2. The molecule has 1 aliphatic heterocycles. The first-order valence-electron chi connectivity index (χ1n) is 13.4. The van der Waals surface area contributed by atoms with Crippen molar-refractivity contribution in [2.45, 2.75) is 56.5 Å². The lowest BCUT2D eigenvalue weighted by molar-refractivity contribution is 0.0696. The van der Waals surface area contributed by atoms with Crippen molar-refractivity contribution in [3.8, 4) is 11.1 Å². The van der Waals surface area contributed by atoms with Gasteiger partial charge < -0.3 is 10.4 Å². The number of aromatic carboxylic acids is 1. The summed E-state index contributed by atoms with van der Waals surface area (Å²) in [5.41, 5.74) is 6.92. The number of benzene rings is 3. The zero-order chi connectivity index (χ0) is 25.5. The van der Waals surface area contributed by atoms with E-state index in [1.165, 1.54) is 36.9 Å². The molecule has 1 amide bonds. The highest BCUT2D eigenvalue weighted by molar-refractivity contribution is 6.04. The van der Waals surface area contributed by atoms with Gasteiger partial charge in [0.15, 0.2) is 0 Å². The lowest BCUT2D eigenvalue weighted by Crippen LogP contribution is -2.40. The smallest absolute Gasteiger partial charge is 0.335 e. The standard InChI is InChI=1S/C32H32N2O3/c1-19-28-32(34(28)17-20-3-4-20)16-25-10-9-24(15-27(25)31(19,2)18-32)29(35)33-26-13-11-22(12-14-26)21-5-7-23(8-6-21)30(36)37/h5-15,19-20,28H,3-4,16-18H2,1-2H3,(H,33,35)(H,36,37)/t19-,28?,31-,32?,34?/m0/s1. The van der Waals surface area contributed by atoms with E-state index in [-0.39, 0.29) is 16.9 Å². The van der Waals surface area contributed by atoms with E-state index < -0.39 is 5.97 Å². The van der Waals surface area contributed by atoms with Crippen LogP contribution in [-0.4, -0.2) is 40.0 Å². The Kier molecular flexibility index (Phi) is 4.78. The molecule has 1 spiro atoms. The van der Waals surface area contributed by atoms with Crippen LogP contribution < -0.4 is 5.32 Å². The van der Waals surface area contributed by atoms with E-state index in [0.29, 0.717) is 23.1 Å². The fraction of sp³-hybridized carbons (Fsp3) is 0.375. The van der Waals surface area contributed by atoms with Crippen LogP contribution in [0.15, 0.2) is 66.7 Å². The zero-order valence-corrected chi connectivity index (χ0v) is 21.3. The molecule has 3 aliphatic carbocycles. The quantitative estimate of drug-likeness (QED) is 0.415. The van der Waals surface area contributed by atoms with Gasteiger partial charge in [-0.1, -0.05) is 44.2 Å². The fourth-order valence-electron chi connectivity index (χ4n) is 7.52. The minimum atomic E-state index is -0.935. The normalized spacial score (nSPS) is 30.8. The van der Waals surface area contributed by atoms with Crippen molar-refractivity contribution in [3.05, 3.63) is 89.0 Å². The lowest BCUT2D eigenvalue weighted by atomic mass is 9.67. The number of likely N-dealkylation sites (tertiary alicyclic amines) is 1. The van der Waals surface area contributed by atoms with Crippen LogP contribution in [0.3, 0.4) is 0 Å². The number of fused-ring (bicyclic) bond motifs is 3. The van der Waals surface area contributed by atoms with Gasteiger partial charge in [0.05, 0.1) is 5.56 Å². The molecule has 5 atom stereocenters. The number of amides is 1. The van der Waals surface area contributed by atoms with Crippen LogP contribution in [-0.2, 0) is 11.8 Å². The van der Waals surface area contributed by atoms with Gasteiger partial charge in [-0.15, -0.1) is 0 Å². The molecule has 0 aromatic heterocycles. The zero-order valence-electron chi connectivity index (χ0n) is 21.3. The molecular formula is C32H32N2O3. The predicted octanol–water partition coefficient (Wildman–Crippen LogP) is 5.99. The molecule has 4 aliphatic rings. The Morgan fingerprint density at radius 3 is 2.27 bits per heavy atom. The molecule has 3 aromatic carbocycles. The second-order valence-corrected chi connectivity index (χ2v) is 12.0. The van der Waals surface area contributed by atoms with Crippen LogP contribution in [0.2, 0.25) is 0 Å². The van der Waals surface area contributed by atoms with Gasteiger partial charge in [-0.3, -0.25) is 9.69 Å². The summed E-state index contributed by atoms with van der Waals surface area (Å²) in [6.07, 6.45) is 5.15.